The quantitative estimate of drug-likeness (QED) is 0.700. The van der Waals surface area contributed by atoms with Crippen molar-refractivity contribution in [1.29, 1.82) is 0 Å². The van der Waals surface area contributed by atoms with Gasteiger partial charge in [-0.25, -0.2) is 14.6 Å². The summed E-state index contributed by atoms with van der Waals surface area (Å²) in [6.07, 6.45) is 1.08. The predicted molar refractivity (Wildman–Crippen MR) is 121 cm³/mol. The summed E-state index contributed by atoms with van der Waals surface area (Å²) in [5.74, 6) is -0.0937. The molecule has 2 fully saturated rings. The van der Waals surface area contributed by atoms with E-state index in [9.17, 15) is 14.4 Å². The fourth-order valence-corrected chi connectivity index (χ4v) is 4.94. The number of piperidine rings is 1. The summed E-state index contributed by atoms with van der Waals surface area (Å²) < 4.78 is 10.4. The Hall–Kier alpha value is -3.31. The van der Waals surface area contributed by atoms with Gasteiger partial charge in [0.25, 0.3) is 0 Å². The van der Waals surface area contributed by atoms with Crippen molar-refractivity contribution >= 4 is 23.6 Å². The van der Waals surface area contributed by atoms with Crippen molar-refractivity contribution in [2.45, 2.75) is 25.8 Å². The highest BCUT2D eigenvalue weighted by atomic mass is 16.6. The smallest absolute Gasteiger partial charge is 0.409 e. The molecule has 5 rings (SSSR count). The van der Waals surface area contributed by atoms with Crippen LogP contribution in [0.3, 0.4) is 0 Å². The van der Waals surface area contributed by atoms with Crippen LogP contribution in [-0.4, -0.2) is 73.8 Å². The van der Waals surface area contributed by atoms with Crippen LogP contribution in [0, 0.1) is 5.92 Å². The number of fused-ring (bicyclic) bond motifs is 3. The van der Waals surface area contributed by atoms with Gasteiger partial charge in [-0.1, -0.05) is 12.1 Å². The highest BCUT2D eigenvalue weighted by molar-refractivity contribution is 6.19. The number of rotatable bonds is 4. The second kappa shape index (κ2) is 9.51. The molecule has 11 nitrogen and oxygen atoms in total. The third-order valence-electron chi connectivity index (χ3n) is 6.62. The molecule has 3 heterocycles. The number of ketones is 1. The number of benzene rings is 1. The summed E-state index contributed by atoms with van der Waals surface area (Å²) in [6.45, 7) is 5.56. The summed E-state index contributed by atoms with van der Waals surface area (Å²) in [5.41, 5.74) is 5.79. The van der Waals surface area contributed by atoms with Gasteiger partial charge in [-0.05, 0) is 31.4 Å². The van der Waals surface area contributed by atoms with E-state index in [4.69, 9.17) is 9.47 Å². The number of hydrogen-bond donors (Lipinski definition) is 2. The van der Waals surface area contributed by atoms with E-state index in [1.165, 1.54) is 0 Å². The fraction of sp³-hybridized carbons (Fsp3) is 0.522. The van der Waals surface area contributed by atoms with Crippen molar-refractivity contribution < 1.29 is 23.9 Å². The molecule has 1 unspecified atom stereocenters. The number of nitrogens with one attached hydrogen (secondary N) is 2. The average Bonchev–Trinajstić information content (AvgIpc) is 3.40. The Morgan fingerprint density at radius 2 is 1.94 bits per heavy atom. The zero-order valence-electron chi connectivity index (χ0n) is 19.1. The van der Waals surface area contributed by atoms with Gasteiger partial charge in [0.1, 0.15) is 6.04 Å². The van der Waals surface area contributed by atoms with Crippen molar-refractivity contribution in [3.05, 3.63) is 40.6 Å². The highest BCUT2D eigenvalue weighted by Gasteiger charge is 2.44. The number of azo groups is 1. The zero-order chi connectivity index (χ0) is 23.7. The van der Waals surface area contributed by atoms with Crippen molar-refractivity contribution in [2.24, 2.45) is 16.1 Å². The van der Waals surface area contributed by atoms with E-state index in [1.54, 1.807) is 22.9 Å². The maximum atomic E-state index is 13.5. The highest BCUT2D eigenvalue weighted by Crippen LogP contribution is 2.49. The van der Waals surface area contributed by atoms with Gasteiger partial charge >= 0.3 is 12.1 Å². The summed E-state index contributed by atoms with van der Waals surface area (Å²) in [4.78, 5) is 39.8. The summed E-state index contributed by atoms with van der Waals surface area (Å²) in [6, 6.07) is 4.56. The van der Waals surface area contributed by atoms with Crippen molar-refractivity contribution in [3.63, 3.8) is 0 Å². The number of urea groups is 1. The number of carbonyl (C=O) groups is 3. The lowest BCUT2D eigenvalue weighted by Crippen LogP contribution is -2.49. The molecule has 1 aliphatic carbocycles. The van der Waals surface area contributed by atoms with Gasteiger partial charge < -0.3 is 19.7 Å². The molecule has 0 radical (unpaired) electrons. The molecule has 1 aromatic rings. The number of likely N-dealkylation sites (tertiary alicyclic amines) is 1. The van der Waals surface area contributed by atoms with Crippen LogP contribution in [0.25, 0.3) is 0 Å². The number of morpholine rings is 1. The Morgan fingerprint density at radius 3 is 2.68 bits per heavy atom. The summed E-state index contributed by atoms with van der Waals surface area (Å²) in [5, 5.41) is 13.4. The lowest BCUT2D eigenvalue weighted by Gasteiger charge is -2.31. The van der Waals surface area contributed by atoms with Gasteiger partial charge in [-0.2, -0.15) is 10.2 Å². The van der Waals surface area contributed by atoms with E-state index in [2.05, 4.69) is 21.0 Å². The molecular formula is C23H28N6O5. The predicted octanol–water partition coefficient (Wildman–Crippen LogP) is 2.88. The Labute approximate surface area is 197 Å². The van der Waals surface area contributed by atoms with Gasteiger partial charge in [0.2, 0.25) is 0 Å². The number of Topliss-reactive ketones (excluding diaryl/α,β-unsaturated/α-hetero) is 1. The Bertz CT molecular complexity index is 1060. The van der Waals surface area contributed by atoms with E-state index in [-0.39, 0.29) is 17.8 Å². The standard InChI is InChI=1S/C23H28N6O5/c1-2-34-23(32)28-8-6-14(7-9-28)19-18-20(26-25-19)15-4-3-5-16(17(15)21(18)30)24-22(31)27-29-10-12-33-13-11-29/h3-5,14,20H,2,6-13H2,1H3,(H2,24,27,31). The molecule has 3 amide bonds. The summed E-state index contributed by atoms with van der Waals surface area (Å²) >= 11 is 0. The van der Waals surface area contributed by atoms with Gasteiger partial charge in [-0.15, -0.1) is 0 Å². The number of ether oxygens (including phenoxy) is 2. The minimum Gasteiger partial charge on any atom is -0.450 e. The van der Waals surface area contributed by atoms with E-state index in [1.807, 2.05) is 12.1 Å². The number of hydrogen-bond acceptors (Lipinski definition) is 8. The number of hydrazine groups is 1. The van der Waals surface area contributed by atoms with Gasteiger partial charge in [0.15, 0.2) is 5.78 Å². The number of nitrogens with zero attached hydrogens (tertiary/aromatic N) is 4. The zero-order valence-corrected chi connectivity index (χ0v) is 19.1. The molecule has 4 aliphatic rings. The molecule has 3 aliphatic heterocycles. The van der Waals surface area contributed by atoms with Gasteiger partial charge in [0, 0.05) is 32.1 Å². The number of anilines is 1. The maximum absolute atomic E-state index is 13.5. The monoisotopic (exact) mass is 468 g/mol. The largest absolute Gasteiger partial charge is 0.450 e. The minimum absolute atomic E-state index is 0.0497. The molecule has 0 spiro atoms. The lowest BCUT2D eigenvalue weighted by atomic mass is 9.89. The van der Waals surface area contributed by atoms with Crippen molar-refractivity contribution in [2.75, 3.05) is 51.3 Å². The molecule has 1 aromatic carbocycles. The van der Waals surface area contributed by atoms with Crippen LogP contribution >= 0.6 is 0 Å². The van der Waals surface area contributed by atoms with E-state index in [0.29, 0.717) is 81.4 Å². The van der Waals surface area contributed by atoms with Crippen LogP contribution in [0.2, 0.25) is 0 Å². The van der Waals surface area contributed by atoms with E-state index < -0.39 is 12.1 Å². The first-order valence-corrected chi connectivity index (χ1v) is 11.7. The second-order valence-electron chi connectivity index (χ2n) is 8.64. The van der Waals surface area contributed by atoms with Crippen LogP contribution in [0.5, 0.6) is 0 Å². The molecule has 2 saturated heterocycles. The second-order valence-corrected chi connectivity index (χ2v) is 8.64. The molecule has 0 saturated carbocycles. The first-order chi connectivity index (χ1) is 16.6. The fourth-order valence-electron chi connectivity index (χ4n) is 4.94. The van der Waals surface area contributed by atoms with Crippen LogP contribution in [0.1, 0.15) is 41.7 Å². The molecule has 11 heteroatoms. The molecule has 180 valence electrons. The third kappa shape index (κ3) is 4.16. The number of allylic oxidation sites excluding steroid dienone is 1. The first-order valence-electron chi connectivity index (χ1n) is 11.7. The van der Waals surface area contributed by atoms with Crippen LogP contribution in [0.15, 0.2) is 39.7 Å². The molecular weight excluding hydrogens is 440 g/mol. The van der Waals surface area contributed by atoms with E-state index in [0.717, 1.165) is 5.56 Å². The van der Waals surface area contributed by atoms with Crippen LogP contribution in [0.4, 0.5) is 15.3 Å². The summed E-state index contributed by atoms with van der Waals surface area (Å²) in [7, 11) is 0. The number of amides is 3. The molecule has 1 atom stereocenters. The molecule has 0 bridgehead atoms. The molecule has 34 heavy (non-hydrogen) atoms. The van der Waals surface area contributed by atoms with Crippen LogP contribution in [-0.2, 0) is 9.47 Å². The SMILES string of the molecule is CCOC(=O)N1CCC(C2=C3C(=O)c4c(NC(=O)NN5CCOCC5)cccc4C3N=N2)CC1. The van der Waals surface area contributed by atoms with E-state index >= 15 is 0 Å². The Kier molecular flexibility index (Phi) is 6.29. The lowest BCUT2D eigenvalue weighted by molar-refractivity contribution is 0.0207. The Balaban J connectivity index is 1.31. The topological polar surface area (TPSA) is 125 Å². The average molecular weight is 469 g/mol. The van der Waals surface area contributed by atoms with Gasteiger partial charge in [-0.3, -0.25) is 10.2 Å². The van der Waals surface area contributed by atoms with Crippen LogP contribution < -0.4 is 10.7 Å². The number of carbonyl (C=O) groups excluding carboxylic acids is 3. The molecule has 2 N–H and O–H groups in total. The third-order valence-corrected chi connectivity index (χ3v) is 6.62. The Morgan fingerprint density at radius 1 is 1.18 bits per heavy atom. The maximum Gasteiger partial charge on any atom is 0.409 e. The van der Waals surface area contributed by atoms with Crippen molar-refractivity contribution in [1.82, 2.24) is 15.3 Å². The van der Waals surface area contributed by atoms with Gasteiger partial charge in [0.05, 0.1) is 42.3 Å². The molecule has 0 aromatic heterocycles. The van der Waals surface area contributed by atoms with Crippen molar-refractivity contribution in [3.8, 4) is 0 Å². The first kappa shape index (κ1) is 22.5. The normalized spacial score (nSPS) is 22.6. The minimum atomic E-state index is -0.440.